The molecule has 1 unspecified atom stereocenters. The number of ether oxygens (including phenoxy) is 2. The first-order valence-electron chi connectivity index (χ1n) is 13.7. The van der Waals surface area contributed by atoms with Crippen molar-refractivity contribution in [2.75, 3.05) is 24.9 Å². The molecule has 0 radical (unpaired) electrons. The lowest BCUT2D eigenvalue weighted by molar-refractivity contribution is -0.121. The van der Waals surface area contributed by atoms with Gasteiger partial charge in [-0.25, -0.2) is 9.18 Å². The Kier molecular flexibility index (Phi) is 10.00. The van der Waals surface area contributed by atoms with Crippen LogP contribution in [0.25, 0.3) is 0 Å². The Bertz CT molecular complexity index is 1530. The van der Waals surface area contributed by atoms with E-state index in [1.807, 2.05) is 20.8 Å². The zero-order valence-corrected chi connectivity index (χ0v) is 26.0. The van der Waals surface area contributed by atoms with Crippen LogP contribution < -0.4 is 20.7 Å². The third-order valence-corrected chi connectivity index (χ3v) is 7.83. The highest BCUT2D eigenvalue weighted by Crippen LogP contribution is 2.43. The molecule has 1 aliphatic rings. The number of esters is 1. The average molecular weight is 631 g/mol. The molecule has 4 rings (SSSR count). The molecule has 1 fully saturated rings. The molecule has 228 valence electrons. The van der Waals surface area contributed by atoms with E-state index in [-0.39, 0.29) is 33.0 Å². The van der Waals surface area contributed by atoms with Crippen molar-refractivity contribution >= 4 is 52.4 Å². The molecule has 0 aliphatic carbocycles. The van der Waals surface area contributed by atoms with Gasteiger partial charge in [-0.2, -0.15) is 0 Å². The number of carbonyl (C=O) groups excluding carboxylic acids is 3. The van der Waals surface area contributed by atoms with E-state index in [9.17, 15) is 14.4 Å². The van der Waals surface area contributed by atoms with Crippen molar-refractivity contribution in [1.29, 1.82) is 0 Å². The normalized spacial score (nSPS) is 19.9. The Morgan fingerprint density at radius 3 is 2.33 bits per heavy atom. The van der Waals surface area contributed by atoms with E-state index >= 15 is 4.39 Å². The highest BCUT2D eigenvalue weighted by molar-refractivity contribution is 6.31. The number of nitrogens with one attached hydrogen (secondary N) is 3. The fourth-order valence-corrected chi connectivity index (χ4v) is 5.89. The minimum absolute atomic E-state index is 0.120. The molecule has 0 aromatic heterocycles. The summed E-state index contributed by atoms with van der Waals surface area (Å²) in [5.74, 6) is -3.78. The summed E-state index contributed by atoms with van der Waals surface area (Å²) >= 11 is 12.3. The minimum atomic E-state index is -1.04. The zero-order chi connectivity index (χ0) is 31.5. The van der Waals surface area contributed by atoms with E-state index in [0.717, 1.165) is 0 Å². The van der Waals surface area contributed by atoms with Gasteiger partial charge in [-0.3, -0.25) is 9.59 Å². The molecule has 4 atom stereocenters. The van der Waals surface area contributed by atoms with Crippen molar-refractivity contribution in [3.8, 4) is 5.75 Å². The third-order valence-electron chi connectivity index (χ3n) is 7.30. The molecule has 8 nitrogen and oxygen atoms in total. The van der Waals surface area contributed by atoms with E-state index in [1.54, 1.807) is 36.4 Å². The zero-order valence-electron chi connectivity index (χ0n) is 24.5. The van der Waals surface area contributed by atoms with Crippen molar-refractivity contribution in [2.24, 2.45) is 11.3 Å². The first-order chi connectivity index (χ1) is 20.3. The lowest BCUT2D eigenvalue weighted by Gasteiger charge is -2.29. The Labute approximate surface area is 260 Å². The maximum atomic E-state index is 15.7. The van der Waals surface area contributed by atoms with Gasteiger partial charge < -0.3 is 25.4 Å². The number of amides is 2. The standard InChI is InChI=1S/C32H34Cl2FN3O5/c1-32(2,3)16-23-26(29(39)36-19-9-6-8-18(33)15-19)25(20-10-7-11-21(34)27(20)35)28(37-23)30(40)38-22-13-12-17(31(41)43-5)14-24(22)42-4/h6-15,23,25-26,28,37H,16H2,1-5H3,(H,36,39)(H,38,40)/t23-,25+,26?,28+/m0/s1. The second-order valence-corrected chi connectivity index (χ2v) is 12.4. The average Bonchev–Trinajstić information content (AvgIpc) is 3.31. The third kappa shape index (κ3) is 7.47. The second-order valence-electron chi connectivity index (χ2n) is 11.6. The Morgan fingerprint density at radius 2 is 1.67 bits per heavy atom. The van der Waals surface area contributed by atoms with Gasteiger partial charge in [-0.05, 0) is 59.9 Å². The molecular formula is C32H34Cl2FN3O5. The summed E-state index contributed by atoms with van der Waals surface area (Å²) in [6.07, 6.45) is 0.500. The van der Waals surface area contributed by atoms with E-state index in [2.05, 4.69) is 16.0 Å². The molecule has 0 spiro atoms. The van der Waals surface area contributed by atoms with Gasteiger partial charge in [0, 0.05) is 22.7 Å². The molecule has 1 saturated heterocycles. The van der Waals surface area contributed by atoms with Crippen LogP contribution in [0.2, 0.25) is 10.0 Å². The predicted molar refractivity (Wildman–Crippen MR) is 165 cm³/mol. The summed E-state index contributed by atoms with van der Waals surface area (Å²) in [6, 6.07) is 14.2. The number of methoxy groups -OCH3 is 2. The highest BCUT2D eigenvalue weighted by Gasteiger charge is 2.52. The highest BCUT2D eigenvalue weighted by atomic mass is 35.5. The van der Waals surface area contributed by atoms with Gasteiger partial charge in [0.1, 0.15) is 11.6 Å². The molecule has 3 aromatic carbocycles. The van der Waals surface area contributed by atoms with E-state index in [1.165, 1.54) is 38.5 Å². The second kappa shape index (κ2) is 13.3. The minimum Gasteiger partial charge on any atom is -0.495 e. The number of anilines is 2. The summed E-state index contributed by atoms with van der Waals surface area (Å²) in [6.45, 7) is 6.07. The topological polar surface area (TPSA) is 106 Å². The fraction of sp³-hybridized carbons (Fsp3) is 0.344. The molecule has 3 N–H and O–H groups in total. The SMILES string of the molecule is COC(=O)c1ccc(NC(=O)[C@@H]2N[C@@H](CC(C)(C)C)C(C(=O)Nc3cccc(Cl)c3)[C@H]2c2cccc(Cl)c2F)c(OC)c1. The Morgan fingerprint density at radius 1 is 0.953 bits per heavy atom. The molecule has 2 amide bonds. The van der Waals surface area contributed by atoms with Crippen LogP contribution in [-0.2, 0) is 14.3 Å². The molecule has 0 bridgehead atoms. The molecule has 11 heteroatoms. The summed E-state index contributed by atoms with van der Waals surface area (Å²) in [7, 11) is 2.66. The van der Waals surface area contributed by atoms with Crippen LogP contribution in [0.4, 0.5) is 15.8 Å². The molecule has 1 aliphatic heterocycles. The maximum Gasteiger partial charge on any atom is 0.337 e. The summed E-state index contributed by atoms with van der Waals surface area (Å²) in [5.41, 5.74) is 0.878. The van der Waals surface area contributed by atoms with Gasteiger partial charge in [0.2, 0.25) is 11.8 Å². The van der Waals surface area contributed by atoms with Crippen LogP contribution in [0.1, 0.15) is 49.0 Å². The number of rotatable bonds is 8. The van der Waals surface area contributed by atoms with Crippen molar-refractivity contribution in [2.45, 2.75) is 45.2 Å². The van der Waals surface area contributed by atoms with Crippen molar-refractivity contribution in [1.82, 2.24) is 5.32 Å². The largest absolute Gasteiger partial charge is 0.495 e. The summed E-state index contributed by atoms with van der Waals surface area (Å²) in [5, 5.41) is 9.41. The van der Waals surface area contributed by atoms with Crippen LogP contribution >= 0.6 is 23.2 Å². The molecule has 3 aromatic rings. The van der Waals surface area contributed by atoms with E-state index < -0.39 is 47.5 Å². The van der Waals surface area contributed by atoms with Gasteiger partial charge in [0.15, 0.2) is 0 Å². The van der Waals surface area contributed by atoms with Gasteiger partial charge in [0.25, 0.3) is 0 Å². The number of halogens is 3. The lowest BCUT2D eigenvalue weighted by Crippen LogP contribution is -2.42. The van der Waals surface area contributed by atoms with Crippen LogP contribution in [0.15, 0.2) is 60.7 Å². The molecule has 43 heavy (non-hydrogen) atoms. The fourth-order valence-electron chi connectivity index (χ4n) is 5.52. The van der Waals surface area contributed by atoms with Crippen LogP contribution in [0, 0.1) is 17.2 Å². The van der Waals surface area contributed by atoms with Crippen LogP contribution in [0.5, 0.6) is 5.75 Å². The van der Waals surface area contributed by atoms with Gasteiger partial charge >= 0.3 is 5.97 Å². The number of benzene rings is 3. The smallest absolute Gasteiger partial charge is 0.337 e. The molecule has 1 heterocycles. The molecule has 0 saturated carbocycles. The van der Waals surface area contributed by atoms with Crippen LogP contribution in [-0.4, -0.2) is 44.1 Å². The van der Waals surface area contributed by atoms with Gasteiger partial charge in [0.05, 0.1) is 42.5 Å². The first kappa shape index (κ1) is 32.3. The van der Waals surface area contributed by atoms with Gasteiger partial charge in [-0.1, -0.05) is 62.2 Å². The van der Waals surface area contributed by atoms with Crippen molar-refractivity contribution < 1.29 is 28.2 Å². The molecular weight excluding hydrogens is 596 g/mol. The lowest BCUT2D eigenvalue weighted by atomic mass is 9.76. The summed E-state index contributed by atoms with van der Waals surface area (Å²) < 4.78 is 25.9. The van der Waals surface area contributed by atoms with Crippen molar-refractivity contribution in [3.63, 3.8) is 0 Å². The van der Waals surface area contributed by atoms with E-state index in [4.69, 9.17) is 32.7 Å². The van der Waals surface area contributed by atoms with Crippen LogP contribution in [0.3, 0.4) is 0 Å². The monoisotopic (exact) mass is 629 g/mol. The summed E-state index contributed by atoms with van der Waals surface area (Å²) in [4.78, 5) is 40.0. The van der Waals surface area contributed by atoms with Gasteiger partial charge in [-0.15, -0.1) is 0 Å². The predicted octanol–water partition coefficient (Wildman–Crippen LogP) is 6.68. The quantitative estimate of drug-likeness (QED) is 0.240. The van der Waals surface area contributed by atoms with E-state index in [0.29, 0.717) is 17.1 Å². The Hall–Kier alpha value is -3.66. The first-order valence-corrected chi connectivity index (χ1v) is 14.4. The number of carbonyl (C=O) groups is 3. The van der Waals surface area contributed by atoms with Crippen molar-refractivity contribution in [3.05, 3.63) is 87.7 Å². The number of hydrogen-bond donors (Lipinski definition) is 3. The Balaban J connectivity index is 1.77. The number of hydrogen-bond acceptors (Lipinski definition) is 6. The maximum absolute atomic E-state index is 15.7.